The molecule has 1 rings (SSSR count). The zero-order valence-corrected chi connectivity index (χ0v) is 12.9. The monoisotopic (exact) mass is 318 g/mol. The van der Waals surface area contributed by atoms with Crippen molar-refractivity contribution in [3.63, 3.8) is 0 Å². The fourth-order valence-corrected chi connectivity index (χ4v) is 3.47. The zero-order chi connectivity index (χ0) is 12.5. The first-order valence-corrected chi connectivity index (χ1v) is 8.12. The van der Waals surface area contributed by atoms with Gasteiger partial charge in [0.15, 0.2) is 0 Å². The molecule has 0 saturated carbocycles. The molecule has 0 fully saturated rings. The molecule has 0 bridgehead atoms. The van der Waals surface area contributed by atoms with Gasteiger partial charge in [0.1, 0.15) is 0 Å². The Morgan fingerprint density at radius 3 is 2.71 bits per heavy atom. The number of hydrogen-bond acceptors (Lipinski definition) is 3. The molecular weight excluding hydrogens is 296 g/mol. The zero-order valence-electron chi connectivity index (χ0n) is 10.5. The summed E-state index contributed by atoms with van der Waals surface area (Å²) in [7, 11) is 0. The summed E-state index contributed by atoms with van der Waals surface area (Å²) < 4.78 is 1.18. The molecule has 0 aliphatic heterocycles. The van der Waals surface area contributed by atoms with Crippen LogP contribution in [0.25, 0.3) is 0 Å². The summed E-state index contributed by atoms with van der Waals surface area (Å²) in [5.41, 5.74) is 2.94. The van der Waals surface area contributed by atoms with E-state index in [0.29, 0.717) is 6.04 Å². The third kappa shape index (κ3) is 6.55. The third-order valence-electron chi connectivity index (χ3n) is 2.96. The van der Waals surface area contributed by atoms with Crippen molar-refractivity contribution in [2.45, 2.75) is 57.9 Å². The Labute approximate surface area is 117 Å². The number of unbranched alkanes of at least 4 members (excludes halogenated alkanes) is 4. The lowest BCUT2D eigenvalue weighted by Gasteiger charge is -2.14. The van der Waals surface area contributed by atoms with Gasteiger partial charge >= 0.3 is 0 Å². The Bertz CT molecular complexity index is 301. The van der Waals surface area contributed by atoms with E-state index in [2.05, 4.69) is 39.7 Å². The molecule has 0 amide bonds. The molecular formula is C13H23BrN2S. The molecule has 0 spiro atoms. The number of nitrogens with one attached hydrogen (secondary N) is 1. The molecule has 0 aliphatic carbocycles. The van der Waals surface area contributed by atoms with E-state index in [1.807, 2.05) is 0 Å². The van der Waals surface area contributed by atoms with E-state index in [4.69, 9.17) is 5.84 Å². The summed E-state index contributed by atoms with van der Waals surface area (Å²) in [5, 5.41) is 2.13. The van der Waals surface area contributed by atoms with Crippen LogP contribution >= 0.6 is 27.3 Å². The highest BCUT2D eigenvalue weighted by Crippen LogP contribution is 2.22. The smallest absolute Gasteiger partial charge is 0.0285 e. The lowest BCUT2D eigenvalue weighted by molar-refractivity contribution is 0.463. The average Bonchev–Trinajstić information content (AvgIpc) is 2.73. The van der Waals surface area contributed by atoms with Crippen molar-refractivity contribution in [1.82, 2.24) is 5.43 Å². The predicted octanol–water partition coefficient (Wildman–Crippen LogP) is 4.25. The van der Waals surface area contributed by atoms with Crippen LogP contribution < -0.4 is 11.3 Å². The molecule has 0 saturated heterocycles. The first-order valence-electron chi connectivity index (χ1n) is 6.45. The quantitative estimate of drug-likeness (QED) is 0.406. The van der Waals surface area contributed by atoms with E-state index in [1.165, 1.54) is 47.9 Å². The summed E-state index contributed by atoms with van der Waals surface area (Å²) in [6.07, 6.45) is 8.86. The number of halogens is 1. The molecule has 4 heteroatoms. The van der Waals surface area contributed by atoms with Gasteiger partial charge in [0.25, 0.3) is 0 Å². The van der Waals surface area contributed by atoms with Crippen LogP contribution in [-0.2, 0) is 6.42 Å². The van der Waals surface area contributed by atoms with Crippen LogP contribution in [0.1, 0.15) is 50.3 Å². The fourth-order valence-electron chi connectivity index (χ4n) is 1.94. The molecule has 1 atom stereocenters. The second kappa shape index (κ2) is 9.09. The molecule has 98 valence electrons. The minimum atomic E-state index is 0.419. The highest BCUT2D eigenvalue weighted by Gasteiger charge is 2.08. The Balaban J connectivity index is 2.19. The predicted molar refractivity (Wildman–Crippen MR) is 80.2 cm³/mol. The van der Waals surface area contributed by atoms with Gasteiger partial charge in [0, 0.05) is 20.8 Å². The maximum absolute atomic E-state index is 5.61. The minimum absolute atomic E-state index is 0.419. The first kappa shape index (κ1) is 15.2. The van der Waals surface area contributed by atoms with Crippen LogP contribution in [0.2, 0.25) is 0 Å². The molecule has 1 aromatic rings. The van der Waals surface area contributed by atoms with Crippen LogP contribution in [0.3, 0.4) is 0 Å². The van der Waals surface area contributed by atoms with Crippen LogP contribution in [0.4, 0.5) is 0 Å². The molecule has 2 nitrogen and oxygen atoms in total. The van der Waals surface area contributed by atoms with Gasteiger partial charge in [-0.2, -0.15) is 0 Å². The van der Waals surface area contributed by atoms with Crippen molar-refractivity contribution in [3.05, 3.63) is 20.8 Å². The standard InChI is InChI=1S/C13H23BrN2S/c1-2-3-4-5-6-7-12(16-15)9-13-8-11(14)10-17-13/h8,10,12,16H,2-7,9,15H2,1H3. The second-order valence-corrected chi connectivity index (χ2v) is 6.41. The number of hydrogen-bond donors (Lipinski definition) is 2. The summed E-state index contributed by atoms with van der Waals surface area (Å²) in [4.78, 5) is 1.40. The van der Waals surface area contributed by atoms with E-state index in [1.54, 1.807) is 11.3 Å². The maximum atomic E-state index is 5.61. The Hall–Kier alpha value is 0.1000. The lowest BCUT2D eigenvalue weighted by Crippen LogP contribution is -2.36. The number of nitrogens with two attached hydrogens (primary N) is 1. The van der Waals surface area contributed by atoms with E-state index in [0.717, 1.165) is 6.42 Å². The van der Waals surface area contributed by atoms with Gasteiger partial charge in [0.2, 0.25) is 0 Å². The largest absolute Gasteiger partial charge is 0.271 e. The Kier molecular flexibility index (Phi) is 8.10. The Morgan fingerprint density at radius 1 is 1.35 bits per heavy atom. The molecule has 0 aliphatic rings. The molecule has 0 radical (unpaired) electrons. The van der Waals surface area contributed by atoms with Crippen LogP contribution in [0.5, 0.6) is 0 Å². The molecule has 17 heavy (non-hydrogen) atoms. The number of rotatable bonds is 9. The molecule has 1 unspecified atom stereocenters. The maximum Gasteiger partial charge on any atom is 0.0285 e. The fraction of sp³-hybridized carbons (Fsp3) is 0.692. The van der Waals surface area contributed by atoms with Crippen LogP contribution in [0, 0.1) is 0 Å². The highest BCUT2D eigenvalue weighted by atomic mass is 79.9. The van der Waals surface area contributed by atoms with Crippen molar-refractivity contribution in [3.8, 4) is 0 Å². The van der Waals surface area contributed by atoms with Gasteiger partial charge in [-0.3, -0.25) is 11.3 Å². The lowest BCUT2D eigenvalue weighted by atomic mass is 10.0. The van der Waals surface area contributed by atoms with Crippen molar-refractivity contribution in [1.29, 1.82) is 0 Å². The highest BCUT2D eigenvalue weighted by molar-refractivity contribution is 9.10. The molecule has 1 heterocycles. The van der Waals surface area contributed by atoms with Crippen molar-refractivity contribution < 1.29 is 0 Å². The van der Waals surface area contributed by atoms with E-state index >= 15 is 0 Å². The van der Waals surface area contributed by atoms with Crippen LogP contribution in [-0.4, -0.2) is 6.04 Å². The second-order valence-electron chi connectivity index (χ2n) is 4.50. The third-order valence-corrected chi connectivity index (χ3v) is 4.68. The molecule has 1 aromatic heterocycles. The molecule has 0 aromatic carbocycles. The normalized spacial score (nSPS) is 12.9. The van der Waals surface area contributed by atoms with Gasteiger partial charge in [-0.25, -0.2) is 0 Å². The summed E-state index contributed by atoms with van der Waals surface area (Å²) >= 11 is 5.28. The minimum Gasteiger partial charge on any atom is -0.271 e. The van der Waals surface area contributed by atoms with Crippen molar-refractivity contribution in [2.75, 3.05) is 0 Å². The van der Waals surface area contributed by atoms with Gasteiger partial charge in [-0.15, -0.1) is 11.3 Å². The van der Waals surface area contributed by atoms with Crippen molar-refractivity contribution >= 4 is 27.3 Å². The van der Waals surface area contributed by atoms with E-state index in [-0.39, 0.29) is 0 Å². The average molecular weight is 319 g/mol. The first-order chi connectivity index (χ1) is 8.26. The van der Waals surface area contributed by atoms with Gasteiger partial charge in [0.05, 0.1) is 0 Å². The summed E-state index contributed by atoms with van der Waals surface area (Å²) in [6.45, 7) is 2.25. The van der Waals surface area contributed by atoms with Crippen molar-refractivity contribution in [2.24, 2.45) is 5.84 Å². The van der Waals surface area contributed by atoms with Gasteiger partial charge in [-0.05, 0) is 34.8 Å². The number of thiophene rings is 1. The summed E-state index contributed by atoms with van der Waals surface area (Å²) in [6, 6.07) is 2.61. The van der Waals surface area contributed by atoms with E-state index in [9.17, 15) is 0 Å². The summed E-state index contributed by atoms with van der Waals surface area (Å²) in [5.74, 6) is 5.61. The van der Waals surface area contributed by atoms with Crippen LogP contribution in [0.15, 0.2) is 15.9 Å². The van der Waals surface area contributed by atoms with E-state index < -0.39 is 0 Å². The Morgan fingerprint density at radius 2 is 2.12 bits per heavy atom. The van der Waals surface area contributed by atoms with Gasteiger partial charge in [-0.1, -0.05) is 39.0 Å². The van der Waals surface area contributed by atoms with Gasteiger partial charge < -0.3 is 0 Å². The SMILES string of the molecule is CCCCCCCC(Cc1cc(Br)cs1)NN. The number of hydrazine groups is 1. The molecule has 3 N–H and O–H groups in total. The topological polar surface area (TPSA) is 38.0 Å².